The normalized spacial score (nSPS) is 13.7. The van der Waals surface area contributed by atoms with E-state index in [-0.39, 0.29) is 17.3 Å². The van der Waals surface area contributed by atoms with Crippen molar-refractivity contribution in [2.24, 2.45) is 11.1 Å². The highest BCUT2D eigenvalue weighted by Gasteiger charge is 2.23. The van der Waals surface area contributed by atoms with Gasteiger partial charge in [-0.25, -0.2) is 4.39 Å². The third-order valence-electron chi connectivity index (χ3n) is 2.42. The van der Waals surface area contributed by atoms with Crippen molar-refractivity contribution >= 4 is 0 Å². The number of benzene rings is 1. The van der Waals surface area contributed by atoms with Crippen LogP contribution in [-0.2, 0) is 0 Å². The van der Waals surface area contributed by atoms with Gasteiger partial charge in [0.05, 0.1) is 7.11 Å². The Morgan fingerprint density at radius 2 is 1.87 bits per heavy atom. The van der Waals surface area contributed by atoms with Gasteiger partial charge in [-0.1, -0.05) is 20.8 Å². The second-order valence-electron chi connectivity index (χ2n) is 4.77. The van der Waals surface area contributed by atoms with Crippen molar-refractivity contribution in [2.75, 3.05) is 7.11 Å². The molecule has 2 nitrogen and oxygen atoms in total. The van der Waals surface area contributed by atoms with Crippen molar-refractivity contribution in [1.29, 1.82) is 0 Å². The van der Waals surface area contributed by atoms with Crippen LogP contribution in [0.15, 0.2) is 18.2 Å². The Morgan fingerprint density at radius 3 is 2.33 bits per heavy atom. The smallest absolute Gasteiger partial charge is 0.127 e. The molecule has 0 heterocycles. The highest BCUT2D eigenvalue weighted by atomic mass is 19.1. The predicted molar refractivity (Wildman–Crippen MR) is 59.3 cm³/mol. The van der Waals surface area contributed by atoms with Gasteiger partial charge in [0.1, 0.15) is 11.6 Å². The van der Waals surface area contributed by atoms with Crippen LogP contribution in [-0.4, -0.2) is 7.11 Å². The molecule has 0 amide bonds. The summed E-state index contributed by atoms with van der Waals surface area (Å²) in [4.78, 5) is 0. The lowest BCUT2D eigenvalue weighted by atomic mass is 9.83. The molecule has 0 spiro atoms. The molecule has 1 rings (SSSR count). The number of methoxy groups -OCH3 is 1. The highest BCUT2D eigenvalue weighted by molar-refractivity contribution is 5.32. The van der Waals surface area contributed by atoms with Gasteiger partial charge in [0.15, 0.2) is 0 Å². The average Bonchev–Trinajstić information content (AvgIpc) is 2.14. The SMILES string of the molecule is COc1cc(F)cc([C@@H](N)C(C)(C)C)c1. The lowest BCUT2D eigenvalue weighted by molar-refractivity contribution is 0.324. The monoisotopic (exact) mass is 211 g/mol. The molecule has 0 saturated carbocycles. The van der Waals surface area contributed by atoms with E-state index in [0.717, 1.165) is 5.56 Å². The van der Waals surface area contributed by atoms with Crippen molar-refractivity contribution < 1.29 is 9.13 Å². The molecular weight excluding hydrogens is 193 g/mol. The fourth-order valence-electron chi connectivity index (χ4n) is 1.38. The number of nitrogens with two attached hydrogens (primary N) is 1. The van der Waals surface area contributed by atoms with Gasteiger partial charge < -0.3 is 10.5 Å². The summed E-state index contributed by atoms with van der Waals surface area (Å²) in [5.41, 5.74) is 6.71. The van der Waals surface area contributed by atoms with E-state index in [1.54, 1.807) is 6.07 Å². The van der Waals surface area contributed by atoms with E-state index in [4.69, 9.17) is 10.5 Å². The van der Waals surface area contributed by atoms with E-state index in [0.29, 0.717) is 5.75 Å². The molecule has 0 aliphatic rings. The number of rotatable bonds is 2. The molecule has 0 saturated heterocycles. The van der Waals surface area contributed by atoms with Crippen LogP contribution in [0.1, 0.15) is 32.4 Å². The predicted octanol–water partition coefficient (Wildman–Crippen LogP) is 2.88. The van der Waals surface area contributed by atoms with Crippen molar-refractivity contribution in [3.05, 3.63) is 29.6 Å². The second-order valence-corrected chi connectivity index (χ2v) is 4.77. The summed E-state index contributed by atoms with van der Waals surface area (Å²) in [5.74, 6) is 0.189. The first-order valence-corrected chi connectivity index (χ1v) is 4.94. The Bertz CT molecular complexity index is 344. The number of ether oxygens (including phenoxy) is 1. The fraction of sp³-hybridized carbons (Fsp3) is 0.500. The van der Waals surface area contributed by atoms with Crippen molar-refractivity contribution in [3.8, 4) is 5.75 Å². The molecule has 0 unspecified atom stereocenters. The fourth-order valence-corrected chi connectivity index (χ4v) is 1.38. The minimum absolute atomic E-state index is 0.0984. The topological polar surface area (TPSA) is 35.2 Å². The number of hydrogen-bond acceptors (Lipinski definition) is 2. The molecule has 15 heavy (non-hydrogen) atoms. The maximum atomic E-state index is 13.2. The first-order valence-electron chi connectivity index (χ1n) is 4.94. The van der Waals surface area contributed by atoms with Crippen molar-refractivity contribution in [3.63, 3.8) is 0 Å². The van der Waals surface area contributed by atoms with E-state index in [1.807, 2.05) is 20.8 Å². The summed E-state index contributed by atoms with van der Waals surface area (Å²) in [5, 5.41) is 0. The summed E-state index contributed by atoms with van der Waals surface area (Å²) < 4.78 is 18.2. The highest BCUT2D eigenvalue weighted by Crippen LogP contribution is 2.32. The zero-order valence-corrected chi connectivity index (χ0v) is 9.67. The van der Waals surface area contributed by atoms with E-state index < -0.39 is 0 Å². The molecule has 1 aromatic carbocycles. The maximum absolute atomic E-state index is 13.2. The Morgan fingerprint density at radius 1 is 1.27 bits per heavy atom. The van der Waals surface area contributed by atoms with Gasteiger partial charge in [0.2, 0.25) is 0 Å². The van der Waals surface area contributed by atoms with Crippen molar-refractivity contribution in [2.45, 2.75) is 26.8 Å². The summed E-state index contributed by atoms with van der Waals surface area (Å²) in [6, 6.07) is 4.37. The van der Waals surface area contributed by atoms with Gasteiger partial charge in [-0.15, -0.1) is 0 Å². The standard InChI is InChI=1S/C12H18FNO/c1-12(2,3)11(14)8-5-9(13)7-10(6-8)15-4/h5-7,11H,14H2,1-4H3/t11-/m1/s1. The Labute approximate surface area is 90.2 Å². The molecule has 0 aliphatic heterocycles. The summed E-state index contributed by atoms with van der Waals surface area (Å²) in [6.45, 7) is 6.07. The van der Waals surface area contributed by atoms with Gasteiger partial charge in [0, 0.05) is 12.1 Å². The van der Waals surface area contributed by atoms with Gasteiger partial charge in [-0.2, -0.15) is 0 Å². The minimum Gasteiger partial charge on any atom is -0.497 e. The molecule has 0 bridgehead atoms. The average molecular weight is 211 g/mol. The molecule has 0 fully saturated rings. The number of halogens is 1. The van der Waals surface area contributed by atoms with Gasteiger partial charge in [0.25, 0.3) is 0 Å². The molecule has 1 atom stereocenters. The van der Waals surface area contributed by atoms with Gasteiger partial charge >= 0.3 is 0 Å². The molecular formula is C12H18FNO. The molecule has 0 aliphatic carbocycles. The van der Waals surface area contributed by atoms with Crippen molar-refractivity contribution in [1.82, 2.24) is 0 Å². The van der Waals surface area contributed by atoms with Gasteiger partial charge in [-0.05, 0) is 23.1 Å². The van der Waals surface area contributed by atoms with Crippen LogP contribution in [0, 0.1) is 11.2 Å². The Balaban J connectivity index is 3.09. The van der Waals surface area contributed by atoms with Crippen LogP contribution in [0.25, 0.3) is 0 Å². The second kappa shape index (κ2) is 4.19. The lowest BCUT2D eigenvalue weighted by Crippen LogP contribution is -2.26. The number of hydrogen-bond donors (Lipinski definition) is 1. The minimum atomic E-state index is -0.316. The van der Waals surface area contributed by atoms with Gasteiger partial charge in [-0.3, -0.25) is 0 Å². The first kappa shape index (κ1) is 12.0. The quantitative estimate of drug-likeness (QED) is 0.816. The maximum Gasteiger partial charge on any atom is 0.127 e. The third kappa shape index (κ3) is 2.93. The molecule has 3 heteroatoms. The van der Waals surface area contributed by atoms with Crippen LogP contribution >= 0.6 is 0 Å². The van der Waals surface area contributed by atoms with Crippen LogP contribution in [0.4, 0.5) is 4.39 Å². The zero-order chi connectivity index (χ0) is 11.6. The molecule has 0 radical (unpaired) electrons. The lowest BCUT2D eigenvalue weighted by Gasteiger charge is -2.27. The largest absolute Gasteiger partial charge is 0.497 e. The van der Waals surface area contributed by atoms with Crippen LogP contribution < -0.4 is 10.5 Å². The Hall–Kier alpha value is -1.09. The van der Waals surface area contributed by atoms with E-state index in [1.165, 1.54) is 19.2 Å². The Kier molecular flexibility index (Phi) is 3.35. The molecule has 0 aromatic heterocycles. The molecule has 84 valence electrons. The van der Waals surface area contributed by atoms with E-state index in [9.17, 15) is 4.39 Å². The van der Waals surface area contributed by atoms with E-state index >= 15 is 0 Å². The van der Waals surface area contributed by atoms with E-state index in [2.05, 4.69) is 0 Å². The third-order valence-corrected chi connectivity index (χ3v) is 2.42. The summed E-state index contributed by atoms with van der Waals surface area (Å²) in [7, 11) is 1.52. The molecule has 1 aromatic rings. The first-order chi connectivity index (χ1) is 6.84. The van der Waals surface area contributed by atoms with Crippen LogP contribution in [0.5, 0.6) is 5.75 Å². The zero-order valence-electron chi connectivity index (χ0n) is 9.67. The molecule has 2 N–H and O–H groups in total. The van der Waals surface area contributed by atoms with Crippen LogP contribution in [0.3, 0.4) is 0 Å². The van der Waals surface area contributed by atoms with Crippen LogP contribution in [0.2, 0.25) is 0 Å². The summed E-state index contributed by atoms with van der Waals surface area (Å²) in [6.07, 6.45) is 0. The summed E-state index contributed by atoms with van der Waals surface area (Å²) >= 11 is 0.